The predicted octanol–water partition coefficient (Wildman–Crippen LogP) is 6.58. The lowest BCUT2D eigenvalue weighted by Crippen LogP contribution is -2.18. The number of carbonyl (C=O) groups excluding carboxylic acids is 1. The van der Waals surface area contributed by atoms with Gasteiger partial charge in [0.25, 0.3) is 0 Å². The molecule has 2 N–H and O–H groups in total. The van der Waals surface area contributed by atoms with Crippen molar-refractivity contribution in [2.45, 2.75) is 38.8 Å². The van der Waals surface area contributed by atoms with Gasteiger partial charge in [0, 0.05) is 12.0 Å². The normalized spacial score (nSPS) is 16.2. The van der Waals surface area contributed by atoms with Crippen molar-refractivity contribution in [3.63, 3.8) is 0 Å². The molecule has 2 heterocycles. The number of primary amides is 1. The molecule has 1 atom stereocenters. The highest BCUT2D eigenvalue weighted by molar-refractivity contribution is 6.00. The minimum absolute atomic E-state index is 0.00134. The van der Waals surface area contributed by atoms with E-state index in [1.807, 2.05) is 29.1 Å². The first kappa shape index (κ1) is 25.5. The van der Waals surface area contributed by atoms with Crippen LogP contribution in [0.1, 0.15) is 55.5 Å². The second-order valence-corrected chi connectivity index (χ2v) is 9.30. The number of nitrogens with zero attached hydrogens (tertiary/aromatic N) is 2. The van der Waals surface area contributed by atoms with Crippen LogP contribution in [0, 0.1) is 0 Å². The SMILES string of the molecule is CC/C(=C(/c1ccc(OCCOC(N)=O)cc1)c1ccc2c(cnn2C2CCCCO2)c1)c1ccccc1. The van der Waals surface area contributed by atoms with E-state index in [-0.39, 0.29) is 19.4 Å². The third-order valence-corrected chi connectivity index (χ3v) is 6.83. The maximum Gasteiger partial charge on any atom is 0.404 e. The van der Waals surface area contributed by atoms with Crippen LogP contribution in [0.15, 0.2) is 79.0 Å². The quantitative estimate of drug-likeness (QED) is 0.203. The van der Waals surface area contributed by atoms with Crippen molar-refractivity contribution in [2.75, 3.05) is 19.8 Å². The van der Waals surface area contributed by atoms with Crippen molar-refractivity contribution >= 4 is 28.1 Å². The standard InChI is InChI=1S/C31H33N3O4/c1-2-27(22-8-4-3-5-9-22)30(23-11-14-26(15-12-23)36-18-19-38-31(32)35)24-13-16-28-25(20-24)21-33-34(28)29-10-6-7-17-37-29/h3-5,8-9,11-16,20-21,29H,2,6-7,10,17-19H2,1H3,(H2,32,35)/b30-27+. The fourth-order valence-corrected chi connectivity index (χ4v) is 5.05. The van der Waals surface area contributed by atoms with E-state index in [0.29, 0.717) is 5.75 Å². The highest BCUT2D eigenvalue weighted by atomic mass is 16.6. The van der Waals surface area contributed by atoms with Gasteiger partial charge >= 0.3 is 6.09 Å². The van der Waals surface area contributed by atoms with Crippen LogP contribution in [0.3, 0.4) is 0 Å². The summed E-state index contributed by atoms with van der Waals surface area (Å²) in [6.07, 6.45) is 5.26. The molecule has 1 saturated heterocycles. The Morgan fingerprint density at radius 3 is 2.50 bits per heavy atom. The van der Waals surface area contributed by atoms with Crippen LogP contribution < -0.4 is 10.5 Å². The van der Waals surface area contributed by atoms with E-state index in [9.17, 15) is 4.79 Å². The van der Waals surface area contributed by atoms with Crippen molar-refractivity contribution in [1.82, 2.24) is 9.78 Å². The fraction of sp³-hybridized carbons (Fsp3) is 0.290. The Bertz CT molecular complexity index is 1400. The number of fused-ring (bicyclic) bond motifs is 1. The summed E-state index contributed by atoms with van der Waals surface area (Å²) in [5.41, 5.74) is 11.9. The first-order valence-electron chi connectivity index (χ1n) is 13.2. The van der Waals surface area contributed by atoms with Gasteiger partial charge < -0.3 is 19.9 Å². The maximum absolute atomic E-state index is 10.8. The molecule has 5 rings (SSSR count). The lowest BCUT2D eigenvalue weighted by molar-refractivity contribution is -0.0366. The van der Waals surface area contributed by atoms with Crippen LogP contribution in [-0.4, -0.2) is 35.7 Å². The van der Waals surface area contributed by atoms with Crippen LogP contribution in [0.2, 0.25) is 0 Å². The molecule has 7 nitrogen and oxygen atoms in total. The van der Waals surface area contributed by atoms with Gasteiger partial charge in [-0.1, -0.05) is 55.5 Å². The third-order valence-electron chi connectivity index (χ3n) is 6.83. The van der Waals surface area contributed by atoms with Crippen molar-refractivity contribution in [3.8, 4) is 5.75 Å². The molecule has 0 radical (unpaired) electrons. The molecule has 4 aromatic rings. The summed E-state index contributed by atoms with van der Waals surface area (Å²) < 4.78 is 18.5. The van der Waals surface area contributed by atoms with Crippen LogP contribution in [0.4, 0.5) is 4.79 Å². The summed E-state index contributed by atoms with van der Waals surface area (Å²) in [5.74, 6) is 0.697. The van der Waals surface area contributed by atoms with Crippen LogP contribution in [0.25, 0.3) is 22.0 Å². The molecule has 1 unspecified atom stereocenters. The van der Waals surface area contributed by atoms with Crippen molar-refractivity contribution in [3.05, 3.63) is 95.7 Å². The van der Waals surface area contributed by atoms with Gasteiger partial charge in [0.05, 0.1) is 11.7 Å². The van der Waals surface area contributed by atoms with E-state index in [1.54, 1.807) is 0 Å². The minimum atomic E-state index is -0.805. The molecule has 0 spiro atoms. The summed E-state index contributed by atoms with van der Waals surface area (Å²) in [6, 6.07) is 25.1. The molecule has 1 aromatic heterocycles. The van der Waals surface area contributed by atoms with Gasteiger partial charge in [-0.2, -0.15) is 5.10 Å². The fourth-order valence-electron chi connectivity index (χ4n) is 5.05. The number of amides is 1. The molecular formula is C31H33N3O4. The number of rotatable bonds is 9. The highest BCUT2D eigenvalue weighted by Crippen LogP contribution is 2.37. The van der Waals surface area contributed by atoms with Crippen LogP contribution in [0.5, 0.6) is 5.75 Å². The molecule has 0 saturated carbocycles. The second kappa shape index (κ2) is 12.0. The lowest BCUT2D eigenvalue weighted by Gasteiger charge is -2.23. The average Bonchev–Trinajstić information content (AvgIpc) is 3.39. The Labute approximate surface area is 222 Å². The van der Waals surface area contributed by atoms with E-state index in [1.165, 1.54) is 16.7 Å². The van der Waals surface area contributed by atoms with Crippen LogP contribution >= 0.6 is 0 Å². The monoisotopic (exact) mass is 511 g/mol. The van der Waals surface area contributed by atoms with Crippen LogP contribution in [-0.2, 0) is 9.47 Å². The first-order chi connectivity index (χ1) is 18.6. The summed E-state index contributed by atoms with van der Waals surface area (Å²) in [7, 11) is 0. The molecule has 7 heteroatoms. The van der Waals surface area contributed by atoms with E-state index >= 15 is 0 Å². The number of aromatic nitrogens is 2. The summed E-state index contributed by atoms with van der Waals surface area (Å²) in [4.78, 5) is 10.8. The topological polar surface area (TPSA) is 88.6 Å². The van der Waals surface area contributed by atoms with Gasteiger partial charge in [-0.3, -0.25) is 0 Å². The zero-order valence-corrected chi connectivity index (χ0v) is 21.6. The van der Waals surface area contributed by atoms with Gasteiger partial charge in [-0.05, 0) is 77.8 Å². The summed E-state index contributed by atoms with van der Waals surface area (Å²) in [5, 5.41) is 5.78. The first-order valence-corrected chi connectivity index (χ1v) is 13.2. The number of ether oxygens (including phenoxy) is 3. The van der Waals surface area contributed by atoms with Gasteiger partial charge in [-0.15, -0.1) is 0 Å². The molecule has 1 fully saturated rings. The smallest absolute Gasteiger partial charge is 0.404 e. The van der Waals surface area contributed by atoms with Gasteiger partial charge in [0.1, 0.15) is 19.0 Å². The Hall–Kier alpha value is -4.10. The Kier molecular flexibility index (Phi) is 8.04. The van der Waals surface area contributed by atoms with Gasteiger partial charge in [-0.25, -0.2) is 9.48 Å². The number of hydrogen-bond acceptors (Lipinski definition) is 5. The van der Waals surface area contributed by atoms with Gasteiger partial charge in [0.15, 0.2) is 6.23 Å². The molecule has 3 aromatic carbocycles. The Morgan fingerprint density at radius 1 is 1.00 bits per heavy atom. The zero-order chi connectivity index (χ0) is 26.3. The van der Waals surface area contributed by atoms with Crippen molar-refractivity contribution in [2.24, 2.45) is 5.73 Å². The zero-order valence-electron chi connectivity index (χ0n) is 21.6. The molecule has 1 aliphatic heterocycles. The lowest BCUT2D eigenvalue weighted by atomic mass is 9.88. The largest absolute Gasteiger partial charge is 0.490 e. The molecule has 38 heavy (non-hydrogen) atoms. The van der Waals surface area contributed by atoms with Gasteiger partial charge in [0.2, 0.25) is 0 Å². The Morgan fingerprint density at radius 2 is 1.79 bits per heavy atom. The predicted molar refractivity (Wildman–Crippen MR) is 149 cm³/mol. The second-order valence-electron chi connectivity index (χ2n) is 9.30. The van der Waals surface area contributed by atoms with E-state index < -0.39 is 6.09 Å². The van der Waals surface area contributed by atoms with Crippen molar-refractivity contribution < 1.29 is 19.0 Å². The number of benzene rings is 3. The molecule has 0 bridgehead atoms. The Balaban J connectivity index is 1.52. The molecule has 1 aliphatic rings. The van der Waals surface area contributed by atoms with Crippen molar-refractivity contribution in [1.29, 1.82) is 0 Å². The third kappa shape index (κ3) is 5.73. The summed E-state index contributed by atoms with van der Waals surface area (Å²) >= 11 is 0. The number of carbonyl (C=O) groups is 1. The maximum atomic E-state index is 10.8. The van der Waals surface area contributed by atoms with E-state index in [0.717, 1.165) is 54.3 Å². The van der Waals surface area contributed by atoms with E-state index in [4.69, 9.17) is 25.0 Å². The summed E-state index contributed by atoms with van der Waals surface area (Å²) in [6.45, 7) is 3.32. The molecular weight excluding hydrogens is 478 g/mol. The minimum Gasteiger partial charge on any atom is -0.490 e. The molecule has 196 valence electrons. The molecule has 0 aliphatic carbocycles. The number of allylic oxidation sites excluding steroid dienone is 1. The average molecular weight is 512 g/mol. The number of hydrogen-bond donors (Lipinski definition) is 1. The highest BCUT2D eigenvalue weighted by Gasteiger charge is 2.20. The molecule has 1 amide bonds. The number of nitrogens with two attached hydrogens (primary N) is 1. The van der Waals surface area contributed by atoms with E-state index in [2.05, 4.69) is 61.5 Å².